The first-order valence-corrected chi connectivity index (χ1v) is 9.15. The van der Waals surface area contributed by atoms with E-state index in [1.165, 1.54) is 31.5 Å². The first kappa shape index (κ1) is 21.0. The second kappa shape index (κ2) is 8.32. The Morgan fingerprint density at radius 3 is 2.79 bits per heavy atom. The first-order valence-electron chi connectivity index (χ1n) is 8.77. The van der Waals surface area contributed by atoms with Gasteiger partial charge in [0.15, 0.2) is 0 Å². The minimum Gasteiger partial charge on any atom is -0.453 e. The third-order valence-electron chi connectivity index (χ3n) is 4.60. The van der Waals surface area contributed by atoms with Gasteiger partial charge in [-0.25, -0.2) is 9.78 Å². The normalized spacial score (nSPS) is 17.1. The maximum atomic E-state index is 13.5. The molecule has 2 N–H and O–H groups in total. The van der Waals surface area contributed by atoms with E-state index in [2.05, 4.69) is 20.0 Å². The van der Waals surface area contributed by atoms with Crippen molar-refractivity contribution < 1.29 is 22.7 Å². The Balaban J connectivity index is 2.02. The van der Waals surface area contributed by atoms with Gasteiger partial charge in [-0.15, -0.1) is 0 Å². The van der Waals surface area contributed by atoms with E-state index in [0.717, 1.165) is 4.90 Å². The summed E-state index contributed by atoms with van der Waals surface area (Å²) in [6.07, 6.45) is -2.90. The fraction of sp³-hybridized carbons (Fsp3) is 0.389. The van der Waals surface area contributed by atoms with Crippen molar-refractivity contribution in [3.8, 4) is 11.1 Å². The minimum absolute atomic E-state index is 0.0427. The molecular weight excluding hydrogens is 413 g/mol. The highest BCUT2D eigenvalue weighted by atomic mass is 35.5. The molecule has 3 rings (SSSR count). The number of alkyl halides is 3. The molecule has 1 fully saturated rings. The van der Waals surface area contributed by atoms with Crippen molar-refractivity contribution in [2.45, 2.75) is 31.5 Å². The molecule has 11 heteroatoms. The van der Waals surface area contributed by atoms with Crippen molar-refractivity contribution in [1.82, 2.24) is 9.97 Å². The smallest absolute Gasteiger partial charge is 0.412 e. The van der Waals surface area contributed by atoms with Gasteiger partial charge in [0, 0.05) is 24.4 Å². The zero-order valence-electron chi connectivity index (χ0n) is 15.3. The van der Waals surface area contributed by atoms with Crippen LogP contribution in [0.5, 0.6) is 0 Å². The van der Waals surface area contributed by atoms with Gasteiger partial charge in [-0.05, 0) is 37.0 Å². The van der Waals surface area contributed by atoms with Crippen LogP contribution in [-0.2, 0) is 4.74 Å². The van der Waals surface area contributed by atoms with Crippen molar-refractivity contribution in [3.05, 3.63) is 39.8 Å². The summed E-state index contributed by atoms with van der Waals surface area (Å²) in [6, 6.07) is 2.40. The number of nitrogens with one attached hydrogen (secondary N) is 2. The fourth-order valence-electron chi connectivity index (χ4n) is 3.28. The quantitative estimate of drug-likeness (QED) is 0.762. The molecular formula is C18H18ClF3N4O3. The number of rotatable bonds is 3. The van der Waals surface area contributed by atoms with Crippen molar-refractivity contribution in [2.75, 3.05) is 23.9 Å². The Kier molecular flexibility index (Phi) is 6.02. The maximum Gasteiger partial charge on any atom is 0.412 e. The molecule has 0 bridgehead atoms. The van der Waals surface area contributed by atoms with Crippen molar-refractivity contribution in [3.63, 3.8) is 0 Å². The summed E-state index contributed by atoms with van der Waals surface area (Å²) >= 11 is 6.18. The summed E-state index contributed by atoms with van der Waals surface area (Å²) in [4.78, 5) is 31.2. The average Bonchev–Trinajstić information content (AvgIpc) is 2.68. The van der Waals surface area contributed by atoms with E-state index in [0.29, 0.717) is 24.0 Å². The van der Waals surface area contributed by atoms with Crippen molar-refractivity contribution >= 4 is 29.3 Å². The lowest BCUT2D eigenvalue weighted by Gasteiger charge is -2.38. The van der Waals surface area contributed by atoms with Gasteiger partial charge < -0.3 is 14.6 Å². The number of carbonyl (C=O) groups excluding carboxylic acids is 1. The Morgan fingerprint density at radius 2 is 2.10 bits per heavy atom. The maximum absolute atomic E-state index is 13.5. The molecule has 156 valence electrons. The number of pyridine rings is 2. The minimum atomic E-state index is -4.42. The molecule has 1 atom stereocenters. The van der Waals surface area contributed by atoms with Gasteiger partial charge in [0.2, 0.25) is 5.56 Å². The highest BCUT2D eigenvalue weighted by Crippen LogP contribution is 2.36. The number of aromatic nitrogens is 2. The monoisotopic (exact) mass is 430 g/mol. The number of nitrogens with zero attached hydrogens (tertiary/aromatic N) is 2. The van der Waals surface area contributed by atoms with Gasteiger partial charge in [0.05, 0.1) is 12.1 Å². The highest BCUT2D eigenvalue weighted by molar-refractivity contribution is 6.33. The summed E-state index contributed by atoms with van der Waals surface area (Å²) in [5.41, 5.74) is 0.0657. The summed E-state index contributed by atoms with van der Waals surface area (Å²) in [5, 5.41) is 2.54. The molecule has 1 saturated heterocycles. The second-order valence-electron chi connectivity index (χ2n) is 6.53. The molecule has 1 amide bonds. The topological polar surface area (TPSA) is 87.3 Å². The van der Waals surface area contributed by atoms with Gasteiger partial charge >= 0.3 is 12.3 Å². The lowest BCUT2D eigenvalue weighted by Crippen LogP contribution is -2.49. The Labute approximate surface area is 168 Å². The summed E-state index contributed by atoms with van der Waals surface area (Å²) in [6.45, 7) is 0.169. The summed E-state index contributed by atoms with van der Waals surface area (Å²) < 4.78 is 44.9. The molecule has 1 aliphatic heterocycles. The molecule has 0 radical (unpaired) electrons. The van der Waals surface area contributed by atoms with Gasteiger partial charge in [0.1, 0.15) is 17.7 Å². The number of ether oxygens (including phenoxy) is 1. The standard InChI is InChI=1S/C18H18ClF3N4O3/c1-29-17(28)24-14-8-11(12(19)9-23-14)10-6-15(25-16(27)7-10)26-5-3-2-4-13(26)18(20,21)22/h6-9,13H,2-5H2,1H3,(H,25,27)(H,23,24,28). The van der Waals surface area contributed by atoms with E-state index < -0.39 is 23.9 Å². The van der Waals surface area contributed by atoms with Crippen LogP contribution in [0.25, 0.3) is 11.1 Å². The predicted octanol–water partition coefficient (Wildman–Crippen LogP) is 4.19. The largest absolute Gasteiger partial charge is 0.453 e. The number of hydrogen-bond acceptors (Lipinski definition) is 5. The third-order valence-corrected chi connectivity index (χ3v) is 4.90. The molecule has 2 aromatic heterocycles. The van der Waals surface area contributed by atoms with Crippen LogP contribution in [0, 0.1) is 0 Å². The van der Waals surface area contributed by atoms with Gasteiger partial charge in [0.25, 0.3) is 0 Å². The number of H-pyrrole nitrogens is 1. The van der Waals surface area contributed by atoms with Crippen LogP contribution in [0.4, 0.5) is 29.6 Å². The van der Waals surface area contributed by atoms with Crippen LogP contribution in [-0.4, -0.2) is 41.9 Å². The molecule has 2 aromatic rings. The molecule has 1 aliphatic rings. The van der Waals surface area contributed by atoms with E-state index in [-0.39, 0.29) is 29.6 Å². The Hall–Kier alpha value is -2.75. The number of anilines is 2. The van der Waals surface area contributed by atoms with E-state index in [1.807, 2.05) is 0 Å². The fourth-order valence-corrected chi connectivity index (χ4v) is 3.50. The van der Waals surface area contributed by atoms with Crippen LogP contribution in [0.15, 0.2) is 29.2 Å². The van der Waals surface area contributed by atoms with Crippen LogP contribution in [0.2, 0.25) is 5.02 Å². The average molecular weight is 431 g/mol. The number of amides is 1. The number of methoxy groups -OCH3 is 1. The molecule has 0 aromatic carbocycles. The van der Waals surface area contributed by atoms with E-state index in [4.69, 9.17) is 11.6 Å². The molecule has 0 spiro atoms. The van der Waals surface area contributed by atoms with Crippen LogP contribution in [0.1, 0.15) is 19.3 Å². The number of aromatic amines is 1. The second-order valence-corrected chi connectivity index (χ2v) is 6.94. The third kappa shape index (κ3) is 4.81. The molecule has 3 heterocycles. The molecule has 0 saturated carbocycles. The summed E-state index contributed by atoms with van der Waals surface area (Å²) in [7, 11) is 1.19. The molecule has 0 aliphatic carbocycles. The molecule has 29 heavy (non-hydrogen) atoms. The zero-order chi connectivity index (χ0) is 21.2. The Bertz CT molecular complexity index is 964. The zero-order valence-corrected chi connectivity index (χ0v) is 16.1. The molecule has 1 unspecified atom stereocenters. The lowest BCUT2D eigenvalue weighted by molar-refractivity contribution is -0.152. The lowest BCUT2D eigenvalue weighted by atomic mass is 10.0. The van der Waals surface area contributed by atoms with Crippen molar-refractivity contribution in [1.29, 1.82) is 0 Å². The number of hydrogen-bond donors (Lipinski definition) is 2. The number of carbonyl (C=O) groups is 1. The van der Waals surface area contributed by atoms with E-state index in [1.54, 1.807) is 0 Å². The Morgan fingerprint density at radius 1 is 1.34 bits per heavy atom. The van der Waals surface area contributed by atoms with Gasteiger partial charge in [-0.3, -0.25) is 10.1 Å². The molecule has 7 nitrogen and oxygen atoms in total. The first-order chi connectivity index (χ1) is 13.7. The van der Waals surface area contributed by atoms with E-state index >= 15 is 0 Å². The summed E-state index contributed by atoms with van der Waals surface area (Å²) in [5.74, 6) is 0.175. The van der Waals surface area contributed by atoms with E-state index in [9.17, 15) is 22.8 Å². The van der Waals surface area contributed by atoms with Crippen LogP contribution >= 0.6 is 11.6 Å². The highest BCUT2D eigenvalue weighted by Gasteiger charge is 2.45. The van der Waals surface area contributed by atoms with Crippen LogP contribution in [0.3, 0.4) is 0 Å². The SMILES string of the molecule is COC(=O)Nc1cc(-c2cc(N3CCCCC3C(F)(F)F)[nH]c(=O)c2)c(Cl)cn1. The van der Waals surface area contributed by atoms with Crippen LogP contribution < -0.4 is 15.8 Å². The number of piperidine rings is 1. The number of halogens is 4. The van der Waals surface area contributed by atoms with Gasteiger partial charge in [-0.1, -0.05) is 11.6 Å². The predicted molar refractivity (Wildman–Crippen MR) is 102 cm³/mol. The van der Waals surface area contributed by atoms with Gasteiger partial charge in [-0.2, -0.15) is 13.2 Å². The van der Waals surface area contributed by atoms with Crippen molar-refractivity contribution in [2.24, 2.45) is 0 Å².